The van der Waals surface area contributed by atoms with Crippen molar-refractivity contribution in [2.75, 3.05) is 33.4 Å². The molecule has 0 bridgehead atoms. The van der Waals surface area contributed by atoms with Crippen LogP contribution in [0.15, 0.2) is 24.3 Å². The third kappa shape index (κ3) is 2.78. The minimum Gasteiger partial charge on any atom is -0.383 e. The maximum absolute atomic E-state index is 12.4. The van der Waals surface area contributed by atoms with Crippen LogP contribution < -0.4 is 0 Å². The summed E-state index contributed by atoms with van der Waals surface area (Å²) in [7, 11) is 1.58. The third-order valence-corrected chi connectivity index (χ3v) is 4.61. The van der Waals surface area contributed by atoms with Gasteiger partial charge in [0.1, 0.15) is 0 Å². The molecule has 5 heteroatoms. The van der Waals surface area contributed by atoms with E-state index < -0.39 is 0 Å². The van der Waals surface area contributed by atoms with Crippen LogP contribution in [0, 0.1) is 18.8 Å². The van der Waals surface area contributed by atoms with Crippen molar-refractivity contribution in [2.45, 2.75) is 13.5 Å². The lowest BCUT2D eigenvalue weighted by molar-refractivity contribution is -0.141. The fourth-order valence-corrected chi connectivity index (χ4v) is 3.38. The van der Waals surface area contributed by atoms with Gasteiger partial charge in [-0.1, -0.05) is 29.8 Å². The number of amides is 2. The van der Waals surface area contributed by atoms with Crippen molar-refractivity contribution in [1.29, 1.82) is 0 Å². The van der Waals surface area contributed by atoms with Crippen LogP contribution in [-0.2, 0) is 20.9 Å². The third-order valence-electron chi connectivity index (χ3n) is 4.61. The number of imide groups is 1. The maximum atomic E-state index is 12.4. The minimum atomic E-state index is -0.171. The van der Waals surface area contributed by atoms with Crippen molar-refractivity contribution >= 4 is 11.8 Å². The Bertz CT molecular complexity index is 546. The highest BCUT2D eigenvalue weighted by molar-refractivity contribution is 6.05. The van der Waals surface area contributed by atoms with Crippen molar-refractivity contribution in [1.82, 2.24) is 9.80 Å². The first kappa shape index (κ1) is 15.2. The van der Waals surface area contributed by atoms with E-state index in [0.717, 1.165) is 6.54 Å². The van der Waals surface area contributed by atoms with E-state index in [1.54, 1.807) is 7.11 Å². The molecule has 118 valence electrons. The lowest BCUT2D eigenvalue weighted by Crippen LogP contribution is -2.37. The summed E-state index contributed by atoms with van der Waals surface area (Å²) in [5, 5.41) is 0. The van der Waals surface area contributed by atoms with Crippen molar-refractivity contribution in [3.05, 3.63) is 35.4 Å². The molecule has 2 amide bonds. The minimum absolute atomic E-state index is 0.0292. The highest BCUT2D eigenvalue weighted by atomic mass is 16.5. The van der Waals surface area contributed by atoms with Crippen LogP contribution in [0.5, 0.6) is 0 Å². The van der Waals surface area contributed by atoms with Crippen LogP contribution in [-0.4, -0.2) is 55.0 Å². The molecule has 2 heterocycles. The standard InChI is InChI=1S/C17H22N2O3/c1-12-3-5-13(6-4-12)9-18-10-14-15(11-18)17(21)19(16(14)20)7-8-22-2/h3-6,14-15H,7-11H2,1-2H3/t14-,15+. The molecule has 0 saturated carbocycles. The van der Waals surface area contributed by atoms with E-state index in [9.17, 15) is 9.59 Å². The molecule has 2 saturated heterocycles. The van der Waals surface area contributed by atoms with Gasteiger partial charge in [-0.3, -0.25) is 19.4 Å². The first-order valence-corrected chi connectivity index (χ1v) is 7.72. The number of ether oxygens (including phenoxy) is 1. The summed E-state index contributed by atoms with van der Waals surface area (Å²) in [5.74, 6) is -0.401. The summed E-state index contributed by atoms with van der Waals surface area (Å²) in [4.78, 5) is 28.3. The zero-order valence-corrected chi connectivity index (χ0v) is 13.1. The van der Waals surface area contributed by atoms with E-state index in [1.807, 2.05) is 0 Å². The molecule has 2 fully saturated rings. The molecular formula is C17H22N2O3. The number of rotatable bonds is 5. The molecular weight excluding hydrogens is 280 g/mol. The molecule has 3 rings (SSSR count). The summed E-state index contributed by atoms with van der Waals surface area (Å²) in [6.07, 6.45) is 0. The predicted molar refractivity (Wildman–Crippen MR) is 82.0 cm³/mol. The molecule has 0 spiro atoms. The molecule has 22 heavy (non-hydrogen) atoms. The fourth-order valence-electron chi connectivity index (χ4n) is 3.38. The molecule has 0 radical (unpaired) electrons. The van der Waals surface area contributed by atoms with E-state index >= 15 is 0 Å². The van der Waals surface area contributed by atoms with Gasteiger partial charge in [0.2, 0.25) is 11.8 Å². The lowest BCUT2D eigenvalue weighted by atomic mass is 10.00. The number of aryl methyl sites for hydroxylation is 1. The molecule has 0 aromatic heterocycles. The monoisotopic (exact) mass is 302 g/mol. The zero-order valence-electron chi connectivity index (χ0n) is 13.1. The molecule has 2 aliphatic rings. The lowest BCUT2D eigenvalue weighted by Gasteiger charge is -2.20. The van der Waals surface area contributed by atoms with Gasteiger partial charge in [-0.25, -0.2) is 0 Å². The molecule has 1 aromatic carbocycles. The predicted octanol–water partition coefficient (Wildman–Crippen LogP) is 1.06. The largest absolute Gasteiger partial charge is 0.383 e. The second kappa shape index (κ2) is 6.18. The smallest absolute Gasteiger partial charge is 0.234 e. The number of likely N-dealkylation sites (tertiary alicyclic amines) is 2. The normalized spacial score (nSPS) is 25.1. The fraction of sp³-hybridized carbons (Fsp3) is 0.529. The van der Waals surface area contributed by atoms with Gasteiger partial charge in [-0.05, 0) is 12.5 Å². The quantitative estimate of drug-likeness (QED) is 0.763. The molecule has 2 aliphatic heterocycles. The highest BCUT2D eigenvalue weighted by Crippen LogP contribution is 2.33. The number of hydrogen-bond acceptors (Lipinski definition) is 4. The van der Waals surface area contributed by atoms with Gasteiger partial charge >= 0.3 is 0 Å². The van der Waals surface area contributed by atoms with Crippen molar-refractivity contribution < 1.29 is 14.3 Å². The van der Waals surface area contributed by atoms with E-state index in [-0.39, 0.29) is 23.7 Å². The number of nitrogens with zero attached hydrogens (tertiary/aromatic N) is 2. The molecule has 5 nitrogen and oxygen atoms in total. The number of hydrogen-bond donors (Lipinski definition) is 0. The Morgan fingerprint density at radius 1 is 1.09 bits per heavy atom. The maximum Gasteiger partial charge on any atom is 0.234 e. The first-order chi connectivity index (χ1) is 10.6. The average Bonchev–Trinajstić information content (AvgIpc) is 3.01. The van der Waals surface area contributed by atoms with Crippen LogP contribution in [0.2, 0.25) is 0 Å². The molecule has 0 N–H and O–H groups in total. The van der Waals surface area contributed by atoms with Crippen molar-refractivity contribution in [3.63, 3.8) is 0 Å². The SMILES string of the molecule is COCCN1C(=O)[C@H]2CN(Cc3ccc(C)cc3)C[C@H]2C1=O. The second-order valence-electron chi connectivity index (χ2n) is 6.21. The van der Waals surface area contributed by atoms with Crippen LogP contribution in [0.1, 0.15) is 11.1 Å². The van der Waals surface area contributed by atoms with Crippen molar-refractivity contribution in [3.8, 4) is 0 Å². The topological polar surface area (TPSA) is 49.9 Å². The molecule has 1 aromatic rings. The van der Waals surface area contributed by atoms with Gasteiger partial charge in [0.15, 0.2) is 0 Å². The Balaban J connectivity index is 1.63. The second-order valence-corrected chi connectivity index (χ2v) is 6.21. The molecule has 0 unspecified atom stereocenters. The molecule has 2 atom stereocenters. The molecule has 0 aliphatic carbocycles. The van der Waals surface area contributed by atoms with E-state index in [1.165, 1.54) is 16.0 Å². The Hall–Kier alpha value is -1.72. The summed E-state index contributed by atoms with van der Waals surface area (Å²) in [6, 6.07) is 8.40. The summed E-state index contributed by atoms with van der Waals surface area (Å²) < 4.78 is 4.98. The van der Waals surface area contributed by atoms with Gasteiger partial charge in [0.05, 0.1) is 25.0 Å². The van der Waals surface area contributed by atoms with Gasteiger partial charge in [0.25, 0.3) is 0 Å². The van der Waals surface area contributed by atoms with Gasteiger partial charge in [0, 0.05) is 26.7 Å². The van der Waals surface area contributed by atoms with E-state index in [0.29, 0.717) is 26.2 Å². The first-order valence-electron chi connectivity index (χ1n) is 7.72. The van der Waals surface area contributed by atoms with Gasteiger partial charge in [-0.2, -0.15) is 0 Å². The Morgan fingerprint density at radius 2 is 1.68 bits per heavy atom. The number of benzene rings is 1. The van der Waals surface area contributed by atoms with Gasteiger partial charge in [-0.15, -0.1) is 0 Å². The Labute approximate surface area is 130 Å². The number of carbonyl (C=O) groups excluding carboxylic acids is 2. The van der Waals surface area contributed by atoms with Crippen LogP contribution >= 0.6 is 0 Å². The van der Waals surface area contributed by atoms with Crippen molar-refractivity contribution in [2.24, 2.45) is 11.8 Å². The number of carbonyl (C=O) groups is 2. The summed E-state index contributed by atoms with van der Waals surface area (Å²) in [5.41, 5.74) is 2.46. The highest BCUT2D eigenvalue weighted by Gasteiger charge is 2.51. The summed E-state index contributed by atoms with van der Waals surface area (Å²) >= 11 is 0. The zero-order chi connectivity index (χ0) is 15.7. The Kier molecular flexibility index (Phi) is 4.27. The van der Waals surface area contributed by atoms with Crippen LogP contribution in [0.4, 0.5) is 0 Å². The number of fused-ring (bicyclic) bond motifs is 1. The summed E-state index contributed by atoms with van der Waals surface area (Å²) in [6.45, 7) is 4.99. The van der Waals surface area contributed by atoms with E-state index in [4.69, 9.17) is 4.74 Å². The van der Waals surface area contributed by atoms with Crippen LogP contribution in [0.25, 0.3) is 0 Å². The van der Waals surface area contributed by atoms with E-state index in [2.05, 4.69) is 36.1 Å². The van der Waals surface area contributed by atoms with Crippen LogP contribution in [0.3, 0.4) is 0 Å². The number of methoxy groups -OCH3 is 1. The van der Waals surface area contributed by atoms with Gasteiger partial charge < -0.3 is 4.74 Å². The Morgan fingerprint density at radius 3 is 2.23 bits per heavy atom. The average molecular weight is 302 g/mol.